The van der Waals surface area contributed by atoms with E-state index in [0.29, 0.717) is 5.56 Å². The standard InChI is InChI=1S/C8H7BrF/c1-6(9)7-4-2-3-5-8(7)10/h2-6H,1H2. The Morgan fingerprint density at radius 1 is 1.40 bits per heavy atom. The molecular weight excluding hydrogens is 195 g/mol. The molecule has 1 unspecified atom stereocenters. The van der Waals surface area contributed by atoms with Crippen molar-refractivity contribution in [1.82, 2.24) is 0 Å². The second-order valence-electron chi connectivity index (χ2n) is 1.99. The first-order valence-corrected chi connectivity index (χ1v) is 3.85. The highest BCUT2D eigenvalue weighted by atomic mass is 79.9. The predicted molar refractivity (Wildman–Crippen MR) is 43.4 cm³/mol. The van der Waals surface area contributed by atoms with Crippen LogP contribution in [0.3, 0.4) is 0 Å². The first kappa shape index (κ1) is 7.73. The number of halogens is 2. The van der Waals surface area contributed by atoms with Crippen LogP contribution in [0.15, 0.2) is 24.3 Å². The number of hydrogen-bond donors (Lipinski definition) is 0. The summed E-state index contributed by atoms with van der Waals surface area (Å²) in [5.74, 6) is -0.209. The summed E-state index contributed by atoms with van der Waals surface area (Å²) in [6.45, 7) is 3.65. The van der Waals surface area contributed by atoms with E-state index in [0.717, 1.165) is 0 Å². The first-order chi connectivity index (χ1) is 4.72. The molecule has 53 valence electrons. The molecule has 0 nitrogen and oxygen atoms in total. The van der Waals surface area contributed by atoms with Gasteiger partial charge in [0.15, 0.2) is 0 Å². The summed E-state index contributed by atoms with van der Waals surface area (Å²) in [4.78, 5) is -0.159. The van der Waals surface area contributed by atoms with Crippen molar-refractivity contribution in [2.75, 3.05) is 0 Å². The number of rotatable bonds is 1. The Kier molecular flexibility index (Phi) is 2.44. The van der Waals surface area contributed by atoms with Crippen molar-refractivity contribution >= 4 is 15.9 Å². The lowest BCUT2D eigenvalue weighted by atomic mass is 10.2. The molecule has 1 rings (SSSR count). The quantitative estimate of drug-likeness (QED) is 0.613. The third-order valence-corrected chi connectivity index (χ3v) is 1.74. The maximum absolute atomic E-state index is 12.8. The molecule has 0 aliphatic carbocycles. The summed E-state index contributed by atoms with van der Waals surface area (Å²) >= 11 is 3.18. The van der Waals surface area contributed by atoms with E-state index in [2.05, 4.69) is 22.9 Å². The van der Waals surface area contributed by atoms with E-state index >= 15 is 0 Å². The van der Waals surface area contributed by atoms with Gasteiger partial charge >= 0.3 is 0 Å². The minimum atomic E-state index is -0.209. The Morgan fingerprint density at radius 3 is 2.40 bits per heavy atom. The summed E-state index contributed by atoms with van der Waals surface area (Å²) in [7, 11) is 0. The summed E-state index contributed by atoms with van der Waals surface area (Å²) in [6, 6.07) is 6.59. The van der Waals surface area contributed by atoms with Gasteiger partial charge in [0.1, 0.15) is 5.82 Å². The molecule has 0 saturated heterocycles. The largest absolute Gasteiger partial charge is 0.207 e. The molecule has 0 spiro atoms. The van der Waals surface area contributed by atoms with Crippen LogP contribution in [0.4, 0.5) is 4.39 Å². The van der Waals surface area contributed by atoms with Crippen LogP contribution in [0, 0.1) is 12.7 Å². The fraction of sp³-hybridized carbons (Fsp3) is 0.125. The molecule has 0 aliphatic rings. The normalized spacial score (nSPS) is 13.1. The van der Waals surface area contributed by atoms with Gasteiger partial charge in [-0.05, 0) is 13.0 Å². The molecule has 1 aromatic rings. The summed E-state index contributed by atoms with van der Waals surface area (Å²) in [6.07, 6.45) is 0. The molecule has 1 atom stereocenters. The first-order valence-electron chi connectivity index (χ1n) is 2.93. The Balaban J connectivity index is 3.03. The van der Waals surface area contributed by atoms with Crippen LogP contribution >= 0.6 is 15.9 Å². The van der Waals surface area contributed by atoms with E-state index in [4.69, 9.17) is 0 Å². The van der Waals surface area contributed by atoms with Gasteiger partial charge in [-0.1, -0.05) is 34.1 Å². The van der Waals surface area contributed by atoms with Crippen molar-refractivity contribution in [3.63, 3.8) is 0 Å². The van der Waals surface area contributed by atoms with Crippen molar-refractivity contribution in [3.8, 4) is 0 Å². The highest BCUT2D eigenvalue weighted by Gasteiger charge is 2.04. The highest BCUT2D eigenvalue weighted by Crippen LogP contribution is 2.22. The van der Waals surface area contributed by atoms with Crippen molar-refractivity contribution < 1.29 is 4.39 Å². The lowest BCUT2D eigenvalue weighted by Gasteiger charge is -2.02. The fourth-order valence-corrected chi connectivity index (χ4v) is 1.10. The van der Waals surface area contributed by atoms with Gasteiger partial charge in [0.25, 0.3) is 0 Å². The summed E-state index contributed by atoms with van der Waals surface area (Å²) in [5.41, 5.74) is 0.600. The zero-order valence-corrected chi connectivity index (χ0v) is 6.94. The molecule has 10 heavy (non-hydrogen) atoms. The molecule has 0 N–H and O–H groups in total. The zero-order chi connectivity index (χ0) is 7.56. The minimum absolute atomic E-state index is 0.159. The Hall–Kier alpha value is -0.370. The van der Waals surface area contributed by atoms with E-state index in [1.165, 1.54) is 6.07 Å². The smallest absolute Gasteiger partial charge is 0.127 e. The third kappa shape index (κ3) is 1.57. The molecule has 1 aromatic carbocycles. The second kappa shape index (κ2) is 3.15. The average molecular weight is 202 g/mol. The van der Waals surface area contributed by atoms with Gasteiger partial charge in [-0.15, -0.1) is 0 Å². The van der Waals surface area contributed by atoms with Crippen LogP contribution in [0.5, 0.6) is 0 Å². The van der Waals surface area contributed by atoms with E-state index < -0.39 is 0 Å². The average Bonchev–Trinajstić information content (AvgIpc) is 1.88. The van der Waals surface area contributed by atoms with Crippen LogP contribution in [-0.4, -0.2) is 0 Å². The van der Waals surface area contributed by atoms with E-state index in [1.54, 1.807) is 18.2 Å². The van der Waals surface area contributed by atoms with Crippen molar-refractivity contribution in [1.29, 1.82) is 0 Å². The Morgan fingerprint density at radius 2 is 2.00 bits per heavy atom. The zero-order valence-electron chi connectivity index (χ0n) is 5.35. The third-order valence-electron chi connectivity index (χ3n) is 1.24. The molecule has 0 heterocycles. The van der Waals surface area contributed by atoms with Crippen LogP contribution in [0.2, 0.25) is 0 Å². The SMILES string of the molecule is [CH2]C(Br)c1ccccc1F. The van der Waals surface area contributed by atoms with Crippen LogP contribution in [-0.2, 0) is 0 Å². The molecule has 0 bridgehead atoms. The second-order valence-corrected chi connectivity index (χ2v) is 3.09. The lowest BCUT2D eigenvalue weighted by Crippen LogP contribution is -1.88. The van der Waals surface area contributed by atoms with Crippen molar-refractivity contribution in [2.24, 2.45) is 0 Å². The molecule has 2 heteroatoms. The number of benzene rings is 1. The molecule has 0 fully saturated rings. The van der Waals surface area contributed by atoms with Gasteiger partial charge in [0.2, 0.25) is 0 Å². The number of hydrogen-bond acceptors (Lipinski definition) is 0. The van der Waals surface area contributed by atoms with Gasteiger partial charge in [0.05, 0.1) is 0 Å². The number of alkyl halides is 1. The van der Waals surface area contributed by atoms with Gasteiger partial charge in [0, 0.05) is 10.4 Å². The van der Waals surface area contributed by atoms with Gasteiger partial charge in [-0.25, -0.2) is 4.39 Å². The van der Waals surface area contributed by atoms with Crippen molar-refractivity contribution in [3.05, 3.63) is 42.6 Å². The molecule has 0 amide bonds. The van der Waals surface area contributed by atoms with E-state index in [1.807, 2.05) is 0 Å². The summed E-state index contributed by atoms with van der Waals surface area (Å²) < 4.78 is 12.8. The molecule has 1 radical (unpaired) electrons. The maximum Gasteiger partial charge on any atom is 0.127 e. The molecule has 0 aromatic heterocycles. The Bertz CT molecular complexity index is 220. The summed E-state index contributed by atoms with van der Waals surface area (Å²) in [5, 5.41) is 0. The van der Waals surface area contributed by atoms with E-state index in [-0.39, 0.29) is 10.6 Å². The van der Waals surface area contributed by atoms with Gasteiger partial charge < -0.3 is 0 Å². The molecular formula is C8H7BrF. The van der Waals surface area contributed by atoms with Crippen LogP contribution in [0.25, 0.3) is 0 Å². The highest BCUT2D eigenvalue weighted by molar-refractivity contribution is 9.09. The van der Waals surface area contributed by atoms with Crippen LogP contribution in [0.1, 0.15) is 10.4 Å². The molecule has 0 aliphatic heterocycles. The fourth-order valence-electron chi connectivity index (χ4n) is 0.729. The van der Waals surface area contributed by atoms with Gasteiger partial charge in [-0.3, -0.25) is 0 Å². The lowest BCUT2D eigenvalue weighted by molar-refractivity contribution is 0.614. The van der Waals surface area contributed by atoms with Crippen molar-refractivity contribution in [2.45, 2.75) is 4.83 Å². The molecule has 0 saturated carbocycles. The maximum atomic E-state index is 12.8. The van der Waals surface area contributed by atoms with Gasteiger partial charge in [-0.2, -0.15) is 0 Å². The van der Waals surface area contributed by atoms with Crippen LogP contribution < -0.4 is 0 Å². The van der Waals surface area contributed by atoms with E-state index in [9.17, 15) is 4.39 Å². The Labute approximate surface area is 68.2 Å². The monoisotopic (exact) mass is 201 g/mol. The minimum Gasteiger partial charge on any atom is -0.207 e. The topological polar surface area (TPSA) is 0 Å². The predicted octanol–water partition coefficient (Wildman–Crippen LogP) is 3.10.